The molecule has 1 fully saturated rings. The zero-order valence-electron chi connectivity index (χ0n) is 18.8. The lowest BCUT2D eigenvalue weighted by atomic mass is 9.86. The number of amides is 1. The van der Waals surface area contributed by atoms with Gasteiger partial charge in [-0.2, -0.15) is 0 Å². The Kier molecular flexibility index (Phi) is 5.32. The zero-order valence-corrected chi connectivity index (χ0v) is 18.8. The fraction of sp³-hybridized carbons (Fsp3) is 0.308. The van der Waals surface area contributed by atoms with Gasteiger partial charge in [0, 0.05) is 31.5 Å². The first-order chi connectivity index (χ1) is 16.1. The second-order valence-electron chi connectivity index (χ2n) is 8.46. The molecule has 2 aliphatic heterocycles. The van der Waals surface area contributed by atoms with Gasteiger partial charge in [0.1, 0.15) is 11.5 Å². The van der Waals surface area contributed by atoms with Crippen LogP contribution in [0.15, 0.2) is 59.8 Å². The first kappa shape index (κ1) is 21.1. The minimum atomic E-state index is -0.545. The van der Waals surface area contributed by atoms with Crippen LogP contribution in [-0.4, -0.2) is 47.0 Å². The number of para-hydroxylation sites is 2. The Labute approximate surface area is 192 Å². The van der Waals surface area contributed by atoms with Crippen molar-refractivity contribution in [3.63, 3.8) is 0 Å². The van der Waals surface area contributed by atoms with Gasteiger partial charge in [-0.25, -0.2) is 0 Å². The van der Waals surface area contributed by atoms with Gasteiger partial charge in [-0.3, -0.25) is 4.79 Å². The molecule has 170 valence electrons. The molecule has 0 radical (unpaired) electrons. The Morgan fingerprint density at radius 2 is 1.97 bits per heavy atom. The maximum atomic E-state index is 13.3. The average Bonchev–Trinajstić information content (AvgIpc) is 3.29. The number of methoxy groups -OCH3 is 1. The van der Waals surface area contributed by atoms with Crippen LogP contribution < -0.4 is 9.47 Å². The van der Waals surface area contributed by atoms with Crippen molar-refractivity contribution >= 4 is 12.1 Å². The van der Waals surface area contributed by atoms with Crippen LogP contribution in [0.25, 0.3) is 5.69 Å². The number of fused-ring (bicyclic) bond motifs is 4. The smallest absolute Gasteiger partial charge is 0.253 e. The van der Waals surface area contributed by atoms with Crippen LogP contribution in [0.2, 0.25) is 0 Å². The Morgan fingerprint density at radius 1 is 1.18 bits per heavy atom. The predicted molar refractivity (Wildman–Crippen MR) is 125 cm³/mol. The van der Waals surface area contributed by atoms with Gasteiger partial charge in [-0.15, -0.1) is 0 Å². The highest BCUT2D eigenvalue weighted by Gasteiger charge is 2.45. The molecule has 1 amide bonds. The number of ether oxygens (including phenoxy) is 2. The molecule has 0 unspecified atom stereocenters. The minimum Gasteiger partial charge on any atom is -0.496 e. The molecule has 1 saturated heterocycles. The first-order valence-electron chi connectivity index (χ1n) is 11.2. The second-order valence-corrected chi connectivity index (χ2v) is 8.46. The van der Waals surface area contributed by atoms with Crippen LogP contribution in [0.1, 0.15) is 47.1 Å². The molecule has 0 bridgehead atoms. The number of carbonyl (C=O) groups is 1. The summed E-state index contributed by atoms with van der Waals surface area (Å²) in [6.07, 6.45) is 3.62. The molecule has 3 aromatic rings. The van der Waals surface area contributed by atoms with Crippen molar-refractivity contribution in [1.29, 1.82) is 0 Å². The molecule has 7 nitrogen and oxygen atoms in total. The third-order valence-corrected chi connectivity index (χ3v) is 6.75. The molecule has 0 saturated carbocycles. The highest BCUT2D eigenvalue weighted by Crippen LogP contribution is 2.45. The summed E-state index contributed by atoms with van der Waals surface area (Å²) in [7, 11) is 1.64. The van der Waals surface area contributed by atoms with Crippen molar-refractivity contribution in [1.82, 2.24) is 9.47 Å². The number of hydrogen-bond acceptors (Lipinski definition) is 5. The molecule has 0 atom stereocenters. The van der Waals surface area contributed by atoms with Crippen molar-refractivity contribution in [2.24, 2.45) is 5.16 Å². The van der Waals surface area contributed by atoms with E-state index in [4.69, 9.17) is 14.7 Å². The van der Waals surface area contributed by atoms with Crippen LogP contribution in [0.5, 0.6) is 11.5 Å². The minimum absolute atomic E-state index is 0.00509. The van der Waals surface area contributed by atoms with Gasteiger partial charge in [0.2, 0.25) is 0 Å². The van der Waals surface area contributed by atoms with Gasteiger partial charge < -0.3 is 24.1 Å². The number of rotatable bonds is 4. The zero-order chi connectivity index (χ0) is 23.0. The third kappa shape index (κ3) is 3.44. The van der Waals surface area contributed by atoms with E-state index in [0.29, 0.717) is 31.5 Å². The van der Waals surface area contributed by atoms with Crippen molar-refractivity contribution < 1.29 is 19.5 Å². The SMILES string of the molecule is CCc1ccc(C(=O)N2CCC3(CC2)Oc2ccccc2-n2c(/C=N/O)ccc23)cc1OC. The summed E-state index contributed by atoms with van der Waals surface area (Å²) in [5.74, 6) is 1.54. The summed E-state index contributed by atoms with van der Waals surface area (Å²) in [6.45, 7) is 3.22. The molecule has 2 aliphatic rings. The standard InChI is InChI=1S/C26H27N3O4/c1-3-18-8-9-19(16-23(18)32-2)25(30)28-14-12-26(13-15-28)24-11-10-20(17-27-31)29(24)21-6-4-5-7-22(21)33-26/h4-11,16-17,31H,3,12-15H2,1-2H3/b27-17+. The van der Waals surface area contributed by atoms with Gasteiger partial charge in [0.15, 0.2) is 5.60 Å². The van der Waals surface area contributed by atoms with Crippen LogP contribution >= 0.6 is 0 Å². The number of likely N-dealkylation sites (tertiary alicyclic amines) is 1. The van der Waals surface area contributed by atoms with E-state index >= 15 is 0 Å². The number of nitrogens with zero attached hydrogens (tertiary/aromatic N) is 3. The van der Waals surface area contributed by atoms with Crippen molar-refractivity contribution in [3.8, 4) is 17.2 Å². The second kappa shape index (κ2) is 8.31. The number of aromatic nitrogens is 1. The van der Waals surface area contributed by atoms with Crippen molar-refractivity contribution in [2.45, 2.75) is 31.8 Å². The van der Waals surface area contributed by atoms with E-state index in [9.17, 15) is 4.79 Å². The molecule has 0 aliphatic carbocycles. The van der Waals surface area contributed by atoms with E-state index in [0.717, 1.165) is 40.6 Å². The molecule has 1 aromatic heterocycles. The largest absolute Gasteiger partial charge is 0.496 e. The van der Waals surface area contributed by atoms with Gasteiger partial charge >= 0.3 is 0 Å². The lowest BCUT2D eigenvalue weighted by Crippen LogP contribution is -2.50. The molecule has 3 heterocycles. The Hall–Kier alpha value is -3.74. The number of carbonyl (C=O) groups excluding carboxylic acids is 1. The fourth-order valence-corrected chi connectivity index (χ4v) is 5.01. The highest BCUT2D eigenvalue weighted by atomic mass is 16.5. The van der Waals surface area contributed by atoms with Gasteiger partial charge in [0.25, 0.3) is 5.91 Å². The Balaban J connectivity index is 1.42. The van der Waals surface area contributed by atoms with Crippen LogP contribution in [0.4, 0.5) is 0 Å². The van der Waals surface area contributed by atoms with Gasteiger partial charge in [0.05, 0.1) is 30.4 Å². The highest BCUT2D eigenvalue weighted by molar-refractivity contribution is 5.95. The quantitative estimate of drug-likeness (QED) is 0.367. The van der Waals surface area contributed by atoms with E-state index in [1.807, 2.05) is 59.5 Å². The number of oxime groups is 1. The topological polar surface area (TPSA) is 76.3 Å². The van der Waals surface area contributed by atoms with E-state index in [1.54, 1.807) is 7.11 Å². The summed E-state index contributed by atoms with van der Waals surface area (Å²) in [4.78, 5) is 15.1. The van der Waals surface area contributed by atoms with E-state index in [1.165, 1.54) is 6.21 Å². The molecular formula is C26H27N3O4. The average molecular weight is 446 g/mol. The summed E-state index contributed by atoms with van der Waals surface area (Å²) in [6, 6.07) is 17.5. The molecular weight excluding hydrogens is 418 g/mol. The van der Waals surface area contributed by atoms with E-state index in [2.05, 4.69) is 16.6 Å². The summed E-state index contributed by atoms with van der Waals surface area (Å²) < 4.78 is 14.2. The molecule has 33 heavy (non-hydrogen) atoms. The van der Waals surface area contributed by atoms with Crippen LogP contribution in [0.3, 0.4) is 0 Å². The molecule has 1 N–H and O–H groups in total. The lowest BCUT2D eigenvalue weighted by molar-refractivity contribution is -0.00935. The molecule has 1 spiro atoms. The maximum Gasteiger partial charge on any atom is 0.253 e. The van der Waals surface area contributed by atoms with Crippen LogP contribution in [0, 0.1) is 0 Å². The number of piperidine rings is 1. The van der Waals surface area contributed by atoms with Crippen molar-refractivity contribution in [2.75, 3.05) is 20.2 Å². The third-order valence-electron chi connectivity index (χ3n) is 6.75. The number of aryl methyl sites for hydroxylation is 1. The Morgan fingerprint density at radius 3 is 2.70 bits per heavy atom. The van der Waals surface area contributed by atoms with Gasteiger partial charge in [-0.1, -0.05) is 30.3 Å². The van der Waals surface area contributed by atoms with E-state index in [-0.39, 0.29) is 5.91 Å². The summed E-state index contributed by atoms with van der Waals surface area (Å²) >= 11 is 0. The molecule has 7 heteroatoms. The number of hydrogen-bond donors (Lipinski definition) is 1. The molecule has 2 aromatic carbocycles. The number of benzene rings is 2. The fourth-order valence-electron chi connectivity index (χ4n) is 5.01. The van der Waals surface area contributed by atoms with Crippen LogP contribution in [-0.2, 0) is 12.0 Å². The first-order valence-corrected chi connectivity index (χ1v) is 11.2. The maximum absolute atomic E-state index is 13.3. The monoisotopic (exact) mass is 445 g/mol. The Bertz CT molecular complexity index is 1220. The summed E-state index contributed by atoms with van der Waals surface area (Å²) in [5, 5.41) is 12.4. The summed E-state index contributed by atoms with van der Waals surface area (Å²) in [5.41, 5.74) is 3.89. The van der Waals surface area contributed by atoms with Crippen molar-refractivity contribution in [3.05, 3.63) is 77.1 Å². The van der Waals surface area contributed by atoms with Gasteiger partial charge in [-0.05, 0) is 48.4 Å². The van der Waals surface area contributed by atoms with E-state index < -0.39 is 5.60 Å². The normalized spacial score (nSPS) is 16.4. The predicted octanol–water partition coefficient (Wildman–Crippen LogP) is 4.38. The lowest BCUT2D eigenvalue weighted by Gasteiger charge is -2.45. The molecule has 5 rings (SSSR count).